The lowest BCUT2D eigenvalue weighted by molar-refractivity contribution is 0.347. The number of hydrogen-bond donors (Lipinski definition) is 1. The standard InChI is InChI=1S/C13H22N4O2S/c1-2-16(12-13-4-7-15-8-5-13)20(18,19)17-10-3-6-14-9-11-17/h4-5,7-8,14H,2-3,6,9-12H2,1H3. The summed E-state index contributed by atoms with van der Waals surface area (Å²) in [6, 6.07) is 3.70. The van der Waals surface area contributed by atoms with E-state index >= 15 is 0 Å². The van der Waals surface area contributed by atoms with Crippen molar-refractivity contribution in [2.24, 2.45) is 0 Å². The molecular weight excluding hydrogens is 276 g/mol. The predicted molar refractivity (Wildman–Crippen MR) is 78.3 cm³/mol. The molecule has 1 saturated heterocycles. The quantitative estimate of drug-likeness (QED) is 0.857. The van der Waals surface area contributed by atoms with Crippen LogP contribution in [0.2, 0.25) is 0 Å². The molecule has 0 aromatic carbocycles. The Morgan fingerprint density at radius 3 is 2.75 bits per heavy atom. The summed E-state index contributed by atoms with van der Waals surface area (Å²) in [4.78, 5) is 3.96. The Morgan fingerprint density at radius 2 is 2.05 bits per heavy atom. The van der Waals surface area contributed by atoms with Crippen LogP contribution in [-0.2, 0) is 16.8 Å². The zero-order chi connectivity index (χ0) is 14.4. The number of rotatable bonds is 5. The average molecular weight is 298 g/mol. The van der Waals surface area contributed by atoms with E-state index in [1.54, 1.807) is 16.7 Å². The summed E-state index contributed by atoms with van der Waals surface area (Å²) in [6.07, 6.45) is 4.23. The molecule has 0 bridgehead atoms. The maximum absolute atomic E-state index is 12.7. The summed E-state index contributed by atoms with van der Waals surface area (Å²) in [5.41, 5.74) is 0.957. The van der Waals surface area contributed by atoms with Gasteiger partial charge in [0, 0.05) is 45.1 Å². The van der Waals surface area contributed by atoms with Gasteiger partial charge < -0.3 is 5.32 Å². The number of pyridine rings is 1. The van der Waals surface area contributed by atoms with Crippen LogP contribution in [0.15, 0.2) is 24.5 Å². The topological polar surface area (TPSA) is 65.5 Å². The fourth-order valence-corrected chi connectivity index (χ4v) is 3.91. The highest BCUT2D eigenvalue weighted by Gasteiger charge is 2.28. The zero-order valence-corrected chi connectivity index (χ0v) is 12.6. The Hall–Kier alpha value is -1.02. The minimum absolute atomic E-state index is 0.394. The second-order valence-electron chi connectivity index (χ2n) is 4.79. The van der Waals surface area contributed by atoms with Gasteiger partial charge in [-0.2, -0.15) is 17.0 Å². The molecule has 1 fully saturated rings. The minimum Gasteiger partial charge on any atom is -0.315 e. The number of hydrogen-bond acceptors (Lipinski definition) is 4. The summed E-state index contributed by atoms with van der Waals surface area (Å²) in [5.74, 6) is 0. The SMILES string of the molecule is CCN(Cc1ccncc1)S(=O)(=O)N1CCCNCC1. The second kappa shape index (κ2) is 7.12. The van der Waals surface area contributed by atoms with Gasteiger partial charge in [0.2, 0.25) is 0 Å². The molecule has 1 aliphatic heterocycles. The summed E-state index contributed by atoms with van der Waals surface area (Å²) in [6.45, 7) is 5.45. The van der Waals surface area contributed by atoms with E-state index in [1.807, 2.05) is 19.1 Å². The smallest absolute Gasteiger partial charge is 0.282 e. The number of nitrogens with zero attached hydrogens (tertiary/aromatic N) is 3. The highest BCUT2D eigenvalue weighted by Crippen LogP contribution is 2.14. The van der Waals surface area contributed by atoms with Gasteiger partial charge in [0.25, 0.3) is 10.2 Å². The Morgan fingerprint density at radius 1 is 1.30 bits per heavy atom. The first-order chi connectivity index (χ1) is 9.64. The Kier molecular flexibility index (Phi) is 5.47. The molecule has 0 atom stereocenters. The largest absolute Gasteiger partial charge is 0.315 e. The Balaban J connectivity index is 2.12. The van der Waals surface area contributed by atoms with E-state index in [4.69, 9.17) is 0 Å². The van der Waals surface area contributed by atoms with Crippen LogP contribution in [0.25, 0.3) is 0 Å². The van der Waals surface area contributed by atoms with Crippen LogP contribution in [0.5, 0.6) is 0 Å². The van der Waals surface area contributed by atoms with Crippen molar-refractivity contribution in [1.82, 2.24) is 18.9 Å². The molecule has 6 nitrogen and oxygen atoms in total. The van der Waals surface area contributed by atoms with E-state index in [-0.39, 0.29) is 0 Å². The van der Waals surface area contributed by atoms with Crippen LogP contribution in [-0.4, -0.2) is 54.7 Å². The Labute approximate surface area is 121 Å². The third kappa shape index (κ3) is 3.76. The molecule has 112 valence electrons. The van der Waals surface area contributed by atoms with E-state index in [0.717, 1.165) is 18.5 Å². The lowest BCUT2D eigenvalue weighted by Crippen LogP contribution is -2.44. The van der Waals surface area contributed by atoms with Crippen molar-refractivity contribution in [3.8, 4) is 0 Å². The first-order valence-corrected chi connectivity index (χ1v) is 8.39. The highest BCUT2D eigenvalue weighted by molar-refractivity contribution is 7.86. The van der Waals surface area contributed by atoms with Crippen molar-refractivity contribution in [3.05, 3.63) is 30.1 Å². The van der Waals surface area contributed by atoms with Gasteiger partial charge >= 0.3 is 0 Å². The van der Waals surface area contributed by atoms with E-state index in [9.17, 15) is 8.42 Å². The zero-order valence-electron chi connectivity index (χ0n) is 11.8. The molecule has 20 heavy (non-hydrogen) atoms. The van der Waals surface area contributed by atoms with Crippen molar-refractivity contribution in [1.29, 1.82) is 0 Å². The third-order valence-corrected chi connectivity index (χ3v) is 5.47. The van der Waals surface area contributed by atoms with Crippen molar-refractivity contribution in [2.45, 2.75) is 19.9 Å². The maximum atomic E-state index is 12.7. The number of aromatic nitrogens is 1. The molecule has 0 saturated carbocycles. The maximum Gasteiger partial charge on any atom is 0.282 e. The fraction of sp³-hybridized carbons (Fsp3) is 0.615. The van der Waals surface area contributed by atoms with E-state index in [2.05, 4.69) is 10.3 Å². The normalized spacial score (nSPS) is 18.1. The van der Waals surface area contributed by atoms with Crippen LogP contribution in [0.3, 0.4) is 0 Å². The molecule has 1 aromatic rings. The van der Waals surface area contributed by atoms with E-state index in [1.165, 1.54) is 4.31 Å². The van der Waals surface area contributed by atoms with Crippen LogP contribution < -0.4 is 5.32 Å². The van der Waals surface area contributed by atoms with Gasteiger partial charge in [-0.15, -0.1) is 0 Å². The molecule has 1 N–H and O–H groups in total. The molecule has 1 aliphatic rings. The molecular formula is C13H22N4O2S. The van der Waals surface area contributed by atoms with Gasteiger partial charge in [-0.1, -0.05) is 6.92 Å². The van der Waals surface area contributed by atoms with Crippen LogP contribution in [0.1, 0.15) is 18.9 Å². The van der Waals surface area contributed by atoms with Gasteiger partial charge in [-0.3, -0.25) is 4.98 Å². The molecule has 7 heteroatoms. The van der Waals surface area contributed by atoms with Crippen molar-refractivity contribution in [3.63, 3.8) is 0 Å². The third-order valence-electron chi connectivity index (χ3n) is 3.41. The molecule has 0 radical (unpaired) electrons. The summed E-state index contributed by atoms with van der Waals surface area (Å²) >= 11 is 0. The molecule has 1 aromatic heterocycles. The number of nitrogens with one attached hydrogen (secondary N) is 1. The minimum atomic E-state index is -3.39. The van der Waals surface area contributed by atoms with Crippen molar-refractivity contribution < 1.29 is 8.42 Å². The van der Waals surface area contributed by atoms with Crippen molar-refractivity contribution in [2.75, 3.05) is 32.7 Å². The van der Waals surface area contributed by atoms with Gasteiger partial charge in [0.05, 0.1) is 0 Å². The van der Waals surface area contributed by atoms with Crippen molar-refractivity contribution >= 4 is 10.2 Å². The molecule has 2 rings (SSSR count). The summed E-state index contributed by atoms with van der Waals surface area (Å²) in [7, 11) is -3.39. The molecule has 0 spiro atoms. The lowest BCUT2D eigenvalue weighted by Gasteiger charge is -2.28. The predicted octanol–water partition coefficient (Wildman–Crippen LogP) is 0.444. The molecule has 2 heterocycles. The highest BCUT2D eigenvalue weighted by atomic mass is 32.2. The lowest BCUT2D eigenvalue weighted by atomic mass is 10.3. The second-order valence-corrected chi connectivity index (χ2v) is 6.72. The summed E-state index contributed by atoms with van der Waals surface area (Å²) < 4.78 is 28.5. The van der Waals surface area contributed by atoms with E-state index in [0.29, 0.717) is 32.7 Å². The molecule has 0 amide bonds. The first kappa shape index (κ1) is 15.4. The first-order valence-electron chi connectivity index (χ1n) is 6.99. The van der Waals surface area contributed by atoms with E-state index < -0.39 is 10.2 Å². The monoisotopic (exact) mass is 298 g/mol. The fourth-order valence-electron chi connectivity index (χ4n) is 2.26. The van der Waals surface area contributed by atoms with Gasteiger partial charge in [-0.25, -0.2) is 0 Å². The van der Waals surface area contributed by atoms with Gasteiger partial charge in [0.1, 0.15) is 0 Å². The Bertz CT molecular complexity index is 498. The molecule has 0 aliphatic carbocycles. The van der Waals surface area contributed by atoms with Gasteiger partial charge in [0.15, 0.2) is 0 Å². The molecule has 0 unspecified atom stereocenters. The van der Waals surface area contributed by atoms with Crippen LogP contribution >= 0.6 is 0 Å². The average Bonchev–Trinajstić information content (AvgIpc) is 2.75. The summed E-state index contributed by atoms with van der Waals surface area (Å²) in [5, 5.41) is 3.22. The van der Waals surface area contributed by atoms with Crippen LogP contribution in [0, 0.1) is 0 Å². The van der Waals surface area contributed by atoms with Gasteiger partial charge in [-0.05, 0) is 30.7 Å². The van der Waals surface area contributed by atoms with Crippen LogP contribution in [0.4, 0.5) is 0 Å².